The first-order valence-corrected chi connectivity index (χ1v) is 18.3. The third-order valence-electron chi connectivity index (χ3n) is 6.98. The van der Waals surface area contributed by atoms with Gasteiger partial charge in [-0.25, -0.2) is 13.6 Å². The highest BCUT2D eigenvalue weighted by Crippen LogP contribution is 2.36. The van der Waals surface area contributed by atoms with Crippen LogP contribution in [-0.4, -0.2) is 63.6 Å². The molecule has 266 valence electrons. The van der Waals surface area contributed by atoms with Crippen LogP contribution in [0.3, 0.4) is 0 Å². The first-order chi connectivity index (χ1) is 21.3. The number of nitrogens with one attached hydrogen (secondary N) is 1. The average Bonchev–Trinajstić information content (AvgIpc) is 2.91. The van der Waals surface area contributed by atoms with Crippen molar-refractivity contribution >= 4 is 26.8 Å². The van der Waals surface area contributed by atoms with Gasteiger partial charge in [0.15, 0.2) is 8.32 Å². The number of alkyl carbamates (subject to hydrolysis) is 1. The molecular weight excluding hydrogens is 646 g/mol. The van der Waals surface area contributed by atoms with E-state index in [0.29, 0.717) is 48.7 Å². The Kier molecular flexibility index (Phi) is 19.1. The van der Waals surface area contributed by atoms with Gasteiger partial charge in [-0.15, -0.1) is 12.4 Å². The minimum Gasteiger partial charge on any atom is -0.489 e. The van der Waals surface area contributed by atoms with Crippen LogP contribution in [0.15, 0.2) is 61.7 Å². The maximum Gasteiger partial charge on any atom is 0.407 e. The van der Waals surface area contributed by atoms with Gasteiger partial charge in [-0.3, -0.25) is 0 Å². The van der Waals surface area contributed by atoms with Crippen LogP contribution in [0, 0.1) is 11.6 Å². The average molecular weight is 701 g/mol. The molecule has 47 heavy (non-hydrogen) atoms. The van der Waals surface area contributed by atoms with Crippen LogP contribution in [-0.2, 0) is 22.0 Å². The molecule has 0 aliphatic rings. The fraction of sp³-hybridized carbons (Fsp3) is 0.514. The van der Waals surface area contributed by atoms with Crippen molar-refractivity contribution in [2.75, 3.05) is 26.4 Å². The SMILES string of the molecule is C=CCOc1cc(F)cc(C[C@@H](CO[Si](C)(C)C(C)(C)C)NC(=O)OC(C)(C)C)c1.C=CCOc1cc(F)cc(C[C@H](N)CO)c1.Cl. The number of aliphatic hydroxyl groups excluding tert-OH is 1. The van der Waals surface area contributed by atoms with Crippen molar-refractivity contribution in [3.63, 3.8) is 0 Å². The molecule has 0 bridgehead atoms. The molecule has 0 saturated heterocycles. The summed E-state index contributed by atoms with van der Waals surface area (Å²) in [6.45, 7) is 24.1. The molecule has 0 aromatic heterocycles. The molecule has 0 aliphatic heterocycles. The molecule has 1 amide bonds. The molecule has 4 N–H and O–H groups in total. The summed E-state index contributed by atoms with van der Waals surface area (Å²) >= 11 is 0. The van der Waals surface area contributed by atoms with Crippen LogP contribution in [0.1, 0.15) is 52.7 Å². The lowest BCUT2D eigenvalue weighted by atomic mass is 10.1. The number of carbonyl (C=O) groups excluding carboxylic acids is 1. The normalized spacial score (nSPS) is 12.8. The maximum atomic E-state index is 14.1. The van der Waals surface area contributed by atoms with Gasteiger partial charge in [0.2, 0.25) is 0 Å². The van der Waals surface area contributed by atoms with Gasteiger partial charge in [0.1, 0.15) is 41.9 Å². The molecule has 0 unspecified atom stereocenters. The van der Waals surface area contributed by atoms with Crippen LogP contribution in [0.4, 0.5) is 13.6 Å². The molecule has 8 nitrogen and oxygen atoms in total. The Morgan fingerprint density at radius 1 is 0.915 bits per heavy atom. The van der Waals surface area contributed by atoms with Gasteiger partial charge in [0.05, 0.1) is 19.3 Å². The number of hydrogen-bond acceptors (Lipinski definition) is 7. The Morgan fingerprint density at radius 3 is 1.79 bits per heavy atom. The van der Waals surface area contributed by atoms with E-state index in [4.69, 9.17) is 29.5 Å². The van der Waals surface area contributed by atoms with Gasteiger partial charge in [-0.1, -0.05) is 46.1 Å². The molecule has 12 heteroatoms. The molecule has 2 rings (SSSR count). The predicted molar refractivity (Wildman–Crippen MR) is 190 cm³/mol. The van der Waals surface area contributed by atoms with Crippen molar-refractivity contribution in [3.05, 3.63) is 84.5 Å². The summed E-state index contributed by atoms with van der Waals surface area (Å²) in [5, 5.41) is 11.7. The van der Waals surface area contributed by atoms with Crippen LogP contribution < -0.4 is 20.5 Å². The fourth-order valence-corrected chi connectivity index (χ4v) is 4.81. The van der Waals surface area contributed by atoms with E-state index in [1.807, 2.05) is 20.8 Å². The molecule has 2 aromatic carbocycles. The predicted octanol–water partition coefficient (Wildman–Crippen LogP) is 7.52. The number of carbonyl (C=O) groups is 1. The lowest BCUT2D eigenvalue weighted by Crippen LogP contribution is -2.48. The highest BCUT2D eigenvalue weighted by molar-refractivity contribution is 6.74. The van der Waals surface area contributed by atoms with Crippen LogP contribution in [0.25, 0.3) is 0 Å². The second kappa shape index (κ2) is 20.4. The standard InChI is InChI=1S/C23H38FNO4Si.C12H16FNO2.ClH/c1-10-11-27-20-14-17(12-18(24)15-20)13-19(25-21(26)29-22(2,3)4)16-28-30(8,9)23(5,6)7;1-2-3-16-12-6-9(4-10(13)7-12)5-11(14)8-15;/h10,12,14-15,19H,1,11,13,16H2,2-9H3,(H,25,26);2,4,6-7,11,15H,1,3,5,8,14H2;1H/t19-;11-;/m00./s1. The van der Waals surface area contributed by atoms with Gasteiger partial charge in [0, 0.05) is 18.2 Å². The smallest absolute Gasteiger partial charge is 0.407 e. The first kappa shape index (κ1) is 44.0. The van der Waals surface area contributed by atoms with E-state index in [1.54, 1.807) is 24.3 Å². The quantitative estimate of drug-likeness (QED) is 0.130. The van der Waals surface area contributed by atoms with Crippen molar-refractivity contribution in [2.24, 2.45) is 5.73 Å². The van der Waals surface area contributed by atoms with Gasteiger partial charge in [0.25, 0.3) is 0 Å². The highest BCUT2D eigenvalue weighted by Gasteiger charge is 2.38. The Balaban J connectivity index is 0.00000105. The Bertz CT molecular complexity index is 1270. The summed E-state index contributed by atoms with van der Waals surface area (Å²) in [5.74, 6) is 0.0980. The van der Waals surface area contributed by atoms with Crippen LogP contribution in [0.2, 0.25) is 18.1 Å². The maximum absolute atomic E-state index is 14.1. The minimum absolute atomic E-state index is 0. The van der Waals surface area contributed by atoms with Crippen molar-refractivity contribution in [1.82, 2.24) is 5.32 Å². The minimum atomic E-state index is -2.02. The molecule has 0 radical (unpaired) electrons. The summed E-state index contributed by atoms with van der Waals surface area (Å²) in [4.78, 5) is 12.4. The zero-order valence-corrected chi connectivity index (χ0v) is 31.0. The molecule has 0 spiro atoms. The molecular formula is C35H55ClF2N2O6Si. The van der Waals surface area contributed by atoms with E-state index in [1.165, 1.54) is 24.3 Å². The van der Waals surface area contributed by atoms with Gasteiger partial charge in [-0.05, 0) is 87.1 Å². The summed E-state index contributed by atoms with van der Waals surface area (Å²) in [6, 6.07) is 8.18. The number of rotatable bonds is 15. The van der Waals surface area contributed by atoms with E-state index >= 15 is 0 Å². The second-order valence-corrected chi connectivity index (χ2v) is 18.4. The summed E-state index contributed by atoms with van der Waals surface area (Å²) in [6.07, 6.45) is 3.47. The highest BCUT2D eigenvalue weighted by atomic mass is 35.5. The molecule has 0 heterocycles. The Morgan fingerprint density at radius 2 is 1.38 bits per heavy atom. The Labute approximate surface area is 287 Å². The topological polar surface area (TPSA) is 112 Å². The molecule has 0 fully saturated rings. The van der Waals surface area contributed by atoms with E-state index in [-0.39, 0.29) is 48.6 Å². The number of benzene rings is 2. The van der Waals surface area contributed by atoms with Gasteiger partial charge in [-0.2, -0.15) is 0 Å². The number of amides is 1. The monoisotopic (exact) mass is 700 g/mol. The molecule has 0 saturated carbocycles. The number of halogens is 3. The van der Waals surface area contributed by atoms with Gasteiger partial charge >= 0.3 is 6.09 Å². The summed E-state index contributed by atoms with van der Waals surface area (Å²) in [5.41, 5.74) is 6.38. The van der Waals surface area contributed by atoms with E-state index in [0.717, 1.165) is 0 Å². The third-order valence-corrected chi connectivity index (χ3v) is 11.5. The van der Waals surface area contributed by atoms with Crippen molar-refractivity contribution in [1.29, 1.82) is 0 Å². The third kappa shape index (κ3) is 18.2. The van der Waals surface area contributed by atoms with Crippen LogP contribution >= 0.6 is 12.4 Å². The van der Waals surface area contributed by atoms with E-state index < -0.39 is 25.8 Å². The number of hydrogen-bond donors (Lipinski definition) is 3. The van der Waals surface area contributed by atoms with E-state index in [2.05, 4.69) is 52.3 Å². The lowest BCUT2D eigenvalue weighted by Gasteiger charge is -2.37. The largest absolute Gasteiger partial charge is 0.489 e. The Hall–Kier alpha value is -2.96. The zero-order chi connectivity index (χ0) is 35.1. The summed E-state index contributed by atoms with van der Waals surface area (Å²) in [7, 11) is -2.02. The number of nitrogens with two attached hydrogens (primary N) is 1. The lowest BCUT2D eigenvalue weighted by molar-refractivity contribution is 0.0485. The molecule has 2 aromatic rings. The van der Waals surface area contributed by atoms with Crippen molar-refractivity contribution in [2.45, 2.75) is 90.2 Å². The van der Waals surface area contributed by atoms with Crippen LogP contribution in [0.5, 0.6) is 11.5 Å². The second-order valence-electron chi connectivity index (χ2n) is 13.6. The number of aliphatic hydroxyl groups is 1. The molecule has 0 aliphatic carbocycles. The first-order valence-electron chi connectivity index (χ1n) is 15.3. The fourth-order valence-electron chi connectivity index (χ4n) is 3.76. The summed E-state index contributed by atoms with van der Waals surface area (Å²) < 4.78 is 49.7. The van der Waals surface area contributed by atoms with E-state index in [9.17, 15) is 13.6 Å². The van der Waals surface area contributed by atoms with Crippen molar-refractivity contribution < 1.29 is 37.3 Å². The zero-order valence-electron chi connectivity index (χ0n) is 29.2. The molecule has 2 atom stereocenters. The number of ether oxygens (including phenoxy) is 3. The van der Waals surface area contributed by atoms with Crippen molar-refractivity contribution in [3.8, 4) is 11.5 Å². The van der Waals surface area contributed by atoms with Gasteiger partial charge < -0.3 is 34.8 Å².